The van der Waals surface area contributed by atoms with Gasteiger partial charge >= 0.3 is 11.9 Å². The molecular formula is C39H34BrClN2O8S. The van der Waals surface area contributed by atoms with Crippen molar-refractivity contribution in [2.45, 2.75) is 33.4 Å². The highest BCUT2D eigenvalue weighted by Gasteiger charge is 2.34. The van der Waals surface area contributed by atoms with Gasteiger partial charge in [-0.1, -0.05) is 71.5 Å². The molecule has 1 atom stereocenters. The molecule has 52 heavy (non-hydrogen) atoms. The zero-order chi connectivity index (χ0) is 36.9. The van der Waals surface area contributed by atoms with Gasteiger partial charge in [-0.3, -0.25) is 9.36 Å². The van der Waals surface area contributed by atoms with Crippen molar-refractivity contribution >= 4 is 67.7 Å². The van der Waals surface area contributed by atoms with Crippen molar-refractivity contribution in [2.75, 3.05) is 26.9 Å². The minimum Gasteiger partial charge on any atom is -0.490 e. The van der Waals surface area contributed by atoms with Crippen LogP contribution in [0.4, 0.5) is 0 Å². The van der Waals surface area contributed by atoms with Gasteiger partial charge in [0.25, 0.3) is 5.56 Å². The van der Waals surface area contributed by atoms with Crippen molar-refractivity contribution in [3.63, 3.8) is 0 Å². The Morgan fingerprint density at radius 3 is 2.52 bits per heavy atom. The third-order valence-corrected chi connectivity index (χ3v) is 10.1. The molecular weight excluding hydrogens is 772 g/mol. The van der Waals surface area contributed by atoms with E-state index in [4.69, 9.17) is 35.3 Å². The van der Waals surface area contributed by atoms with Crippen molar-refractivity contribution in [1.29, 1.82) is 0 Å². The van der Waals surface area contributed by atoms with Crippen LogP contribution in [0, 0.1) is 0 Å². The molecule has 0 radical (unpaired) electrons. The molecule has 1 aromatic heterocycles. The first kappa shape index (κ1) is 36.9. The van der Waals surface area contributed by atoms with Gasteiger partial charge in [0, 0.05) is 0 Å². The maximum Gasteiger partial charge on any atom is 0.343 e. The van der Waals surface area contributed by atoms with E-state index < -0.39 is 18.0 Å². The number of thiazole rings is 1. The minimum atomic E-state index is -0.897. The number of fused-ring (bicyclic) bond motifs is 2. The number of halogens is 2. The molecule has 0 bridgehead atoms. The predicted molar refractivity (Wildman–Crippen MR) is 203 cm³/mol. The number of allylic oxidation sites excluding steroid dienone is 1. The van der Waals surface area contributed by atoms with Crippen molar-refractivity contribution < 1.29 is 33.3 Å². The predicted octanol–water partition coefficient (Wildman–Crippen LogP) is 6.90. The van der Waals surface area contributed by atoms with Crippen LogP contribution < -0.4 is 29.1 Å². The van der Waals surface area contributed by atoms with Crippen LogP contribution in [-0.4, -0.2) is 43.4 Å². The Labute approximate surface area is 316 Å². The Hall–Kier alpha value is -4.91. The monoisotopic (exact) mass is 804 g/mol. The van der Waals surface area contributed by atoms with E-state index in [1.165, 1.54) is 23.0 Å². The van der Waals surface area contributed by atoms with Gasteiger partial charge in [-0.05, 0) is 94.5 Å². The van der Waals surface area contributed by atoms with Gasteiger partial charge in [-0.25, -0.2) is 14.6 Å². The number of aromatic nitrogens is 1. The van der Waals surface area contributed by atoms with Crippen LogP contribution >= 0.6 is 38.9 Å². The van der Waals surface area contributed by atoms with Crippen LogP contribution in [0.3, 0.4) is 0 Å². The Morgan fingerprint density at radius 2 is 1.77 bits per heavy atom. The molecule has 4 aromatic carbocycles. The van der Waals surface area contributed by atoms with Crippen LogP contribution in [0.2, 0.25) is 5.02 Å². The minimum absolute atomic E-state index is 0.133. The largest absolute Gasteiger partial charge is 0.490 e. The molecule has 268 valence electrons. The Bertz CT molecular complexity index is 2380. The molecule has 0 fully saturated rings. The maximum absolute atomic E-state index is 14.3. The number of ether oxygens (including phenoxy) is 5. The van der Waals surface area contributed by atoms with Crippen molar-refractivity contribution in [2.24, 2.45) is 4.99 Å². The second kappa shape index (κ2) is 16.2. The number of hydrogen-bond donors (Lipinski definition) is 0. The van der Waals surface area contributed by atoms with Gasteiger partial charge in [-0.15, -0.1) is 0 Å². The van der Waals surface area contributed by atoms with Crippen LogP contribution in [0.15, 0.2) is 98.3 Å². The van der Waals surface area contributed by atoms with Crippen LogP contribution in [0.25, 0.3) is 16.8 Å². The number of rotatable bonds is 12. The molecule has 0 aliphatic carbocycles. The van der Waals surface area contributed by atoms with Crippen molar-refractivity contribution in [3.8, 4) is 17.2 Å². The fourth-order valence-electron chi connectivity index (χ4n) is 5.91. The Kier molecular flexibility index (Phi) is 11.5. The van der Waals surface area contributed by atoms with Gasteiger partial charge in [0.2, 0.25) is 0 Å². The summed E-state index contributed by atoms with van der Waals surface area (Å²) >= 11 is 11.6. The lowest BCUT2D eigenvalue weighted by Crippen LogP contribution is -2.40. The molecule has 10 nitrogen and oxygen atoms in total. The number of benzene rings is 4. The fourth-order valence-corrected chi connectivity index (χ4v) is 7.94. The number of esters is 2. The summed E-state index contributed by atoms with van der Waals surface area (Å²) in [6.07, 6.45) is 1.73. The molecule has 0 spiro atoms. The first-order chi connectivity index (χ1) is 25.1. The summed E-state index contributed by atoms with van der Waals surface area (Å²) in [5.74, 6) is -0.0491. The summed E-state index contributed by atoms with van der Waals surface area (Å²) in [7, 11) is 1.27. The number of carbonyl (C=O) groups excluding carboxylic acids is 2. The van der Waals surface area contributed by atoms with E-state index in [1.807, 2.05) is 37.3 Å². The highest BCUT2D eigenvalue weighted by molar-refractivity contribution is 9.10. The molecule has 0 saturated heterocycles. The van der Waals surface area contributed by atoms with Crippen LogP contribution in [-0.2, 0) is 25.7 Å². The quantitative estimate of drug-likeness (QED) is 0.125. The number of nitrogens with zero attached hydrogens (tertiary/aromatic N) is 2. The topological polar surface area (TPSA) is 115 Å². The zero-order valence-electron chi connectivity index (χ0n) is 28.7. The SMILES string of the molecule is CCOC(=O)C1=C(C)N=c2s/c(=C\c3cc(Cl)c(OCc4cccc5ccccc45)c(Br)c3)c(=O)n2[C@@H]1c1ccc(OCC(=O)OC)c(OCC)c1. The molecule has 1 aliphatic heterocycles. The zero-order valence-corrected chi connectivity index (χ0v) is 31.9. The highest BCUT2D eigenvalue weighted by Crippen LogP contribution is 2.38. The van der Waals surface area contributed by atoms with E-state index in [2.05, 4.69) is 39.1 Å². The molecule has 0 saturated carbocycles. The number of methoxy groups -OCH3 is 1. The summed E-state index contributed by atoms with van der Waals surface area (Å²) in [6.45, 7) is 5.64. The Morgan fingerprint density at radius 1 is 0.981 bits per heavy atom. The lowest BCUT2D eigenvalue weighted by Gasteiger charge is -2.25. The van der Waals surface area contributed by atoms with E-state index in [9.17, 15) is 14.4 Å². The maximum atomic E-state index is 14.3. The number of hydrogen-bond acceptors (Lipinski definition) is 10. The standard InChI is InChI=1S/C39H34BrClN2O8S/c1-5-48-31-19-25(14-15-30(31)50-21-33(44)47-4)35-34(38(46)49-6-2)22(3)42-39-43(35)37(45)32(52-39)18-23-16-28(40)36(29(41)17-23)51-20-26-12-9-11-24-10-7-8-13-27(24)26/h7-19,35H,5-6,20-21H2,1-4H3/b32-18-/t35-/m1/s1. The Balaban J connectivity index is 1.38. The molecule has 2 heterocycles. The molecule has 1 aliphatic rings. The van der Waals surface area contributed by atoms with E-state index in [-0.39, 0.29) is 24.3 Å². The highest BCUT2D eigenvalue weighted by atomic mass is 79.9. The first-order valence-electron chi connectivity index (χ1n) is 16.4. The summed E-state index contributed by atoms with van der Waals surface area (Å²) in [5.41, 5.74) is 2.50. The van der Waals surface area contributed by atoms with Crippen LogP contribution in [0.5, 0.6) is 17.2 Å². The van der Waals surface area contributed by atoms with E-state index in [0.717, 1.165) is 16.3 Å². The van der Waals surface area contributed by atoms with Crippen molar-refractivity contribution in [1.82, 2.24) is 4.57 Å². The molecule has 6 rings (SSSR count). The molecule has 0 N–H and O–H groups in total. The van der Waals surface area contributed by atoms with E-state index >= 15 is 0 Å². The summed E-state index contributed by atoms with van der Waals surface area (Å²) in [6, 6.07) is 21.9. The molecule has 0 unspecified atom stereocenters. The van der Waals surface area contributed by atoms with E-state index in [0.29, 0.717) is 66.1 Å². The van der Waals surface area contributed by atoms with Gasteiger partial charge in [0.1, 0.15) is 6.61 Å². The summed E-state index contributed by atoms with van der Waals surface area (Å²) < 4.78 is 30.3. The smallest absolute Gasteiger partial charge is 0.343 e. The average Bonchev–Trinajstić information content (AvgIpc) is 3.43. The molecule has 5 aromatic rings. The van der Waals surface area contributed by atoms with Crippen LogP contribution in [0.1, 0.15) is 43.5 Å². The summed E-state index contributed by atoms with van der Waals surface area (Å²) in [5, 5.41) is 2.58. The average molecular weight is 806 g/mol. The van der Waals surface area contributed by atoms with Gasteiger partial charge in [0.05, 0.1) is 51.7 Å². The van der Waals surface area contributed by atoms with Gasteiger partial charge < -0.3 is 23.7 Å². The van der Waals surface area contributed by atoms with Crippen molar-refractivity contribution in [3.05, 3.63) is 130 Å². The molecule has 13 heteroatoms. The van der Waals surface area contributed by atoms with E-state index in [1.54, 1.807) is 44.2 Å². The lowest BCUT2D eigenvalue weighted by molar-refractivity contribution is -0.143. The number of carbonyl (C=O) groups is 2. The summed E-state index contributed by atoms with van der Waals surface area (Å²) in [4.78, 5) is 44.5. The lowest BCUT2D eigenvalue weighted by atomic mass is 9.95. The fraction of sp³-hybridized carbons (Fsp3) is 0.231. The second-order valence-electron chi connectivity index (χ2n) is 11.5. The third-order valence-electron chi connectivity index (χ3n) is 8.24. The second-order valence-corrected chi connectivity index (χ2v) is 13.8. The molecule has 0 amide bonds. The third kappa shape index (κ3) is 7.64. The first-order valence-corrected chi connectivity index (χ1v) is 18.4. The normalized spacial score (nSPS) is 14.1. The van der Waals surface area contributed by atoms with Gasteiger partial charge in [0.15, 0.2) is 28.7 Å². The van der Waals surface area contributed by atoms with Gasteiger partial charge in [-0.2, -0.15) is 0 Å².